The number of carboxylic acids is 1. The summed E-state index contributed by atoms with van der Waals surface area (Å²) in [5.41, 5.74) is 0.826. The van der Waals surface area contributed by atoms with Gasteiger partial charge in [0.05, 0.1) is 6.54 Å². The molecule has 1 amide bonds. The Bertz CT molecular complexity index is 584. The van der Waals surface area contributed by atoms with Crippen molar-refractivity contribution < 1.29 is 19.4 Å². The topological polar surface area (TPSA) is 93.5 Å². The van der Waals surface area contributed by atoms with E-state index in [1.165, 1.54) is 10.9 Å². The summed E-state index contributed by atoms with van der Waals surface area (Å²) in [6, 6.07) is 9.70. The van der Waals surface area contributed by atoms with Gasteiger partial charge < -0.3 is 15.2 Å². The third-order valence-electron chi connectivity index (χ3n) is 2.73. The molecule has 0 bridgehead atoms. The quantitative estimate of drug-likeness (QED) is 0.835. The number of nitrogens with zero attached hydrogens (tertiary/aromatic N) is 2. The summed E-state index contributed by atoms with van der Waals surface area (Å²) in [7, 11) is 0. The third-order valence-corrected chi connectivity index (χ3v) is 2.73. The molecule has 7 heteroatoms. The number of carboxylic acid groups (broad SMARTS) is 1. The molecule has 21 heavy (non-hydrogen) atoms. The lowest BCUT2D eigenvalue weighted by molar-refractivity contribution is -0.139. The van der Waals surface area contributed by atoms with E-state index < -0.39 is 18.1 Å². The van der Waals surface area contributed by atoms with Crippen LogP contribution in [0.4, 0.5) is 4.79 Å². The highest BCUT2D eigenvalue weighted by Crippen LogP contribution is 2.01. The molecule has 0 aliphatic rings. The molecule has 0 radical (unpaired) electrons. The van der Waals surface area contributed by atoms with Gasteiger partial charge in [0, 0.05) is 12.4 Å². The molecule has 0 unspecified atom stereocenters. The van der Waals surface area contributed by atoms with Gasteiger partial charge in [0.25, 0.3) is 0 Å². The number of aliphatic carboxylic acids is 1. The number of hydrogen-bond donors (Lipinski definition) is 2. The molecule has 0 fully saturated rings. The van der Waals surface area contributed by atoms with Crippen molar-refractivity contribution in [2.45, 2.75) is 19.2 Å². The maximum atomic E-state index is 11.6. The van der Waals surface area contributed by atoms with E-state index in [0.717, 1.165) is 5.56 Å². The molecule has 2 rings (SSSR count). The molecule has 1 atom stereocenters. The fraction of sp³-hybridized carbons (Fsp3) is 0.214. The molecule has 1 aromatic heterocycles. The predicted molar refractivity (Wildman–Crippen MR) is 73.4 cm³/mol. The predicted octanol–water partition coefficient (Wildman–Crippen LogP) is 1.26. The fourth-order valence-corrected chi connectivity index (χ4v) is 1.69. The van der Waals surface area contributed by atoms with Gasteiger partial charge >= 0.3 is 12.1 Å². The number of nitrogens with one attached hydrogen (secondary N) is 1. The average molecular weight is 289 g/mol. The van der Waals surface area contributed by atoms with Gasteiger partial charge in [0.2, 0.25) is 0 Å². The highest BCUT2D eigenvalue weighted by atomic mass is 16.5. The maximum absolute atomic E-state index is 11.6. The van der Waals surface area contributed by atoms with Gasteiger partial charge in [-0.1, -0.05) is 30.3 Å². The summed E-state index contributed by atoms with van der Waals surface area (Å²) in [6.45, 7) is 0.115. The lowest BCUT2D eigenvalue weighted by atomic mass is 10.2. The summed E-state index contributed by atoms with van der Waals surface area (Å²) >= 11 is 0. The molecule has 1 aromatic carbocycles. The maximum Gasteiger partial charge on any atom is 0.408 e. The van der Waals surface area contributed by atoms with E-state index in [1.807, 2.05) is 30.3 Å². The van der Waals surface area contributed by atoms with Crippen LogP contribution in [0.3, 0.4) is 0 Å². The Labute approximate surface area is 121 Å². The van der Waals surface area contributed by atoms with Crippen molar-refractivity contribution in [1.29, 1.82) is 0 Å². The number of carbonyl (C=O) groups excluding carboxylic acids is 1. The van der Waals surface area contributed by atoms with Crippen LogP contribution >= 0.6 is 0 Å². The highest BCUT2D eigenvalue weighted by Gasteiger charge is 2.21. The molecule has 2 aromatic rings. The van der Waals surface area contributed by atoms with Crippen LogP contribution in [0.5, 0.6) is 0 Å². The Balaban J connectivity index is 1.85. The van der Waals surface area contributed by atoms with Gasteiger partial charge in [-0.3, -0.25) is 4.68 Å². The molecule has 0 aliphatic carbocycles. The van der Waals surface area contributed by atoms with Crippen molar-refractivity contribution in [2.24, 2.45) is 0 Å². The number of carbonyl (C=O) groups is 2. The van der Waals surface area contributed by atoms with Crippen LogP contribution in [0.1, 0.15) is 5.56 Å². The summed E-state index contributed by atoms with van der Waals surface area (Å²) in [4.78, 5) is 22.8. The first-order valence-electron chi connectivity index (χ1n) is 6.32. The van der Waals surface area contributed by atoms with Crippen LogP contribution in [0.25, 0.3) is 0 Å². The Hall–Kier alpha value is -2.83. The Morgan fingerprint density at radius 1 is 1.29 bits per heavy atom. The first-order valence-corrected chi connectivity index (χ1v) is 6.32. The number of alkyl carbamates (subject to hydrolysis) is 1. The second kappa shape index (κ2) is 7.09. The normalized spacial score (nSPS) is 11.6. The molecular formula is C14H15N3O4. The zero-order valence-electron chi connectivity index (χ0n) is 11.2. The average Bonchev–Trinajstić information content (AvgIpc) is 2.98. The standard InChI is InChI=1S/C14H15N3O4/c18-13(19)12(9-17-8-4-7-15-17)16-14(20)21-10-11-5-2-1-3-6-11/h1-8,12H,9-10H2,(H,16,20)(H,18,19)/t12-/m1/s1. The largest absolute Gasteiger partial charge is 0.480 e. The second-order valence-corrected chi connectivity index (χ2v) is 4.32. The smallest absolute Gasteiger partial charge is 0.408 e. The summed E-state index contributed by atoms with van der Waals surface area (Å²) in [5.74, 6) is -1.15. The van der Waals surface area contributed by atoms with E-state index in [9.17, 15) is 9.59 Å². The molecule has 1 heterocycles. The molecule has 0 aliphatic heterocycles. The number of hydrogen-bond acceptors (Lipinski definition) is 4. The first-order chi connectivity index (χ1) is 10.1. The van der Waals surface area contributed by atoms with Crippen molar-refractivity contribution >= 4 is 12.1 Å². The Morgan fingerprint density at radius 3 is 2.67 bits per heavy atom. The molecular weight excluding hydrogens is 274 g/mol. The van der Waals surface area contributed by atoms with Crippen molar-refractivity contribution in [2.75, 3.05) is 0 Å². The number of rotatable bonds is 6. The molecule has 7 nitrogen and oxygen atoms in total. The van der Waals surface area contributed by atoms with E-state index in [2.05, 4.69) is 10.4 Å². The highest BCUT2D eigenvalue weighted by molar-refractivity contribution is 5.79. The lowest BCUT2D eigenvalue weighted by Gasteiger charge is -2.14. The molecule has 0 saturated carbocycles. The monoisotopic (exact) mass is 289 g/mol. The molecule has 0 saturated heterocycles. The van der Waals surface area contributed by atoms with E-state index >= 15 is 0 Å². The van der Waals surface area contributed by atoms with Crippen molar-refractivity contribution in [1.82, 2.24) is 15.1 Å². The minimum absolute atomic E-state index is 0.0305. The van der Waals surface area contributed by atoms with E-state index in [0.29, 0.717) is 0 Å². The number of amides is 1. The van der Waals surface area contributed by atoms with E-state index in [-0.39, 0.29) is 13.2 Å². The minimum Gasteiger partial charge on any atom is -0.480 e. The Kier molecular flexibility index (Phi) is 4.92. The minimum atomic E-state index is -1.15. The van der Waals surface area contributed by atoms with E-state index in [1.54, 1.807) is 12.3 Å². The van der Waals surface area contributed by atoms with Gasteiger partial charge in [0.15, 0.2) is 0 Å². The lowest BCUT2D eigenvalue weighted by Crippen LogP contribution is -2.43. The third kappa shape index (κ3) is 4.64. The fourth-order valence-electron chi connectivity index (χ4n) is 1.69. The van der Waals surface area contributed by atoms with Crippen molar-refractivity contribution in [3.63, 3.8) is 0 Å². The molecule has 110 valence electrons. The van der Waals surface area contributed by atoms with Crippen molar-refractivity contribution in [3.8, 4) is 0 Å². The second-order valence-electron chi connectivity index (χ2n) is 4.32. The van der Waals surface area contributed by atoms with Crippen LogP contribution in [0.2, 0.25) is 0 Å². The van der Waals surface area contributed by atoms with Gasteiger partial charge in [-0.05, 0) is 11.6 Å². The van der Waals surface area contributed by atoms with Crippen LogP contribution in [0, 0.1) is 0 Å². The molecule has 2 N–H and O–H groups in total. The SMILES string of the molecule is O=C(N[C@H](Cn1cccn1)C(=O)O)OCc1ccccc1. The van der Waals surface area contributed by atoms with Gasteiger partial charge in [-0.2, -0.15) is 5.10 Å². The van der Waals surface area contributed by atoms with E-state index in [4.69, 9.17) is 9.84 Å². The van der Waals surface area contributed by atoms with Crippen LogP contribution in [0.15, 0.2) is 48.8 Å². The van der Waals surface area contributed by atoms with Gasteiger partial charge in [-0.15, -0.1) is 0 Å². The van der Waals surface area contributed by atoms with Crippen molar-refractivity contribution in [3.05, 3.63) is 54.4 Å². The summed E-state index contributed by atoms with van der Waals surface area (Å²) < 4.78 is 6.41. The first kappa shape index (κ1) is 14.6. The van der Waals surface area contributed by atoms with Gasteiger partial charge in [-0.25, -0.2) is 9.59 Å². The molecule has 0 spiro atoms. The number of benzene rings is 1. The number of aromatic nitrogens is 2. The van der Waals surface area contributed by atoms with Crippen LogP contribution < -0.4 is 5.32 Å². The van der Waals surface area contributed by atoms with Crippen LogP contribution in [-0.2, 0) is 22.7 Å². The number of ether oxygens (including phenoxy) is 1. The summed E-state index contributed by atoms with van der Waals surface area (Å²) in [5, 5.41) is 15.3. The zero-order chi connectivity index (χ0) is 15.1. The Morgan fingerprint density at radius 2 is 2.05 bits per heavy atom. The summed E-state index contributed by atoms with van der Waals surface area (Å²) in [6.07, 6.45) is 2.37. The van der Waals surface area contributed by atoms with Crippen LogP contribution in [-0.4, -0.2) is 33.0 Å². The zero-order valence-corrected chi connectivity index (χ0v) is 11.2. The van der Waals surface area contributed by atoms with Gasteiger partial charge in [0.1, 0.15) is 12.6 Å².